The fraction of sp³-hybridized carbons (Fsp3) is 1.00. The second-order valence-electron chi connectivity index (χ2n) is 6.29. The summed E-state index contributed by atoms with van der Waals surface area (Å²) < 4.78 is 0. The minimum atomic E-state index is 0.938. The SMILES string of the molecule is CCNCCCCNC[C@H]1C[C@@H]1CNCCCCNCC. The lowest BCUT2D eigenvalue weighted by Gasteiger charge is -2.06. The third kappa shape index (κ3) is 11.1. The van der Waals surface area contributed by atoms with Gasteiger partial charge in [0.15, 0.2) is 0 Å². The number of hydrogen-bond donors (Lipinski definition) is 4. The average molecular weight is 299 g/mol. The van der Waals surface area contributed by atoms with Crippen LogP contribution in [0.5, 0.6) is 0 Å². The summed E-state index contributed by atoms with van der Waals surface area (Å²) in [5, 5.41) is 14.0. The van der Waals surface area contributed by atoms with Gasteiger partial charge in [0.25, 0.3) is 0 Å². The van der Waals surface area contributed by atoms with Gasteiger partial charge >= 0.3 is 0 Å². The average Bonchev–Trinajstić information content (AvgIpc) is 3.24. The number of rotatable bonds is 16. The Balaban J connectivity index is 1.74. The van der Waals surface area contributed by atoms with Crippen LogP contribution < -0.4 is 21.3 Å². The summed E-state index contributed by atoms with van der Waals surface area (Å²) in [6.07, 6.45) is 6.62. The summed E-state index contributed by atoms with van der Waals surface area (Å²) in [5.74, 6) is 1.88. The van der Waals surface area contributed by atoms with Crippen molar-refractivity contribution < 1.29 is 0 Å². The van der Waals surface area contributed by atoms with Crippen LogP contribution >= 0.6 is 0 Å². The monoisotopic (exact) mass is 298 g/mol. The summed E-state index contributed by atoms with van der Waals surface area (Å²) in [5.41, 5.74) is 0. The van der Waals surface area contributed by atoms with E-state index in [2.05, 4.69) is 35.1 Å². The molecule has 0 unspecified atom stereocenters. The molecule has 4 heteroatoms. The van der Waals surface area contributed by atoms with Crippen molar-refractivity contribution in [1.82, 2.24) is 21.3 Å². The molecule has 4 nitrogen and oxygen atoms in total. The van der Waals surface area contributed by atoms with Crippen molar-refractivity contribution >= 4 is 0 Å². The van der Waals surface area contributed by atoms with E-state index < -0.39 is 0 Å². The first-order valence-electron chi connectivity index (χ1n) is 9.21. The van der Waals surface area contributed by atoms with Gasteiger partial charge in [-0.3, -0.25) is 0 Å². The first-order valence-corrected chi connectivity index (χ1v) is 9.21. The van der Waals surface area contributed by atoms with Gasteiger partial charge in [0, 0.05) is 0 Å². The molecule has 4 N–H and O–H groups in total. The van der Waals surface area contributed by atoms with E-state index in [0.717, 1.165) is 24.9 Å². The Morgan fingerprint density at radius 1 is 0.619 bits per heavy atom. The highest BCUT2D eigenvalue weighted by molar-refractivity contribution is 4.89. The smallest absolute Gasteiger partial charge is 0.00173 e. The summed E-state index contributed by atoms with van der Waals surface area (Å²) in [4.78, 5) is 0. The minimum Gasteiger partial charge on any atom is -0.317 e. The van der Waals surface area contributed by atoms with Crippen molar-refractivity contribution in [1.29, 1.82) is 0 Å². The Morgan fingerprint density at radius 2 is 1.00 bits per heavy atom. The molecule has 1 rings (SSSR count). The van der Waals surface area contributed by atoms with Gasteiger partial charge in [-0.1, -0.05) is 13.8 Å². The number of hydrogen-bond acceptors (Lipinski definition) is 4. The van der Waals surface area contributed by atoms with Crippen LogP contribution in [0.25, 0.3) is 0 Å². The van der Waals surface area contributed by atoms with E-state index >= 15 is 0 Å². The van der Waals surface area contributed by atoms with Crippen LogP contribution in [-0.2, 0) is 0 Å². The molecule has 1 aliphatic carbocycles. The molecule has 0 spiro atoms. The molecule has 21 heavy (non-hydrogen) atoms. The van der Waals surface area contributed by atoms with Crippen LogP contribution in [0.3, 0.4) is 0 Å². The highest BCUT2D eigenvalue weighted by Gasteiger charge is 2.35. The van der Waals surface area contributed by atoms with Gasteiger partial charge in [0.05, 0.1) is 0 Å². The molecule has 0 bridgehead atoms. The molecule has 126 valence electrons. The molecule has 2 atom stereocenters. The van der Waals surface area contributed by atoms with Crippen molar-refractivity contribution in [2.75, 3.05) is 52.4 Å². The molecule has 0 saturated heterocycles. The Morgan fingerprint density at radius 3 is 1.38 bits per heavy atom. The van der Waals surface area contributed by atoms with Crippen molar-refractivity contribution in [3.8, 4) is 0 Å². The highest BCUT2D eigenvalue weighted by atomic mass is 14.9. The Hall–Kier alpha value is -0.160. The second-order valence-corrected chi connectivity index (χ2v) is 6.29. The normalized spacial score (nSPS) is 20.9. The van der Waals surface area contributed by atoms with Gasteiger partial charge in [0.2, 0.25) is 0 Å². The highest BCUT2D eigenvalue weighted by Crippen LogP contribution is 2.36. The zero-order valence-corrected chi connectivity index (χ0v) is 14.3. The van der Waals surface area contributed by atoms with E-state index in [-0.39, 0.29) is 0 Å². The fourth-order valence-electron chi connectivity index (χ4n) is 2.74. The van der Waals surface area contributed by atoms with Gasteiger partial charge in [-0.25, -0.2) is 0 Å². The Kier molecular flexibility index (Phi) is 12.1. The third-order valence-electron chi connectivity index (χ3n) is 4.30. The van der Waals surface area contributed by atoms with Gasteiger partial charge in [-0.2, -0.15) is 0 Å². The standard InChI is InChI=1S/C17H38N4/c1-3-18-9-5-7-11-20-14-16-13-17(16)15-21-12-8-6-10-19-4-2/h16-21H,3-15H2,1-2H3/t16-,17-/m1/s1. The van der Waals surface area contributed by atoms with Gasteiger partial charge in [0.1, 0.15) is 0 Å². The first-order chi connectivity index (χ1) is 10.4. The van der Waals surface area contributed by atoms with E-state index in [0.29, 0.717) is 0 Å². The van der Waals surface area contributed by atoms with Crippen LogP contribution in [0.1, 0.15) is 46.0 Å². The Bertz CT molecular complexity index is 201. The lowest BCUT2D eigenvalue weighted by atomic mass is 10.2. The maximum absolute atomic E-state index is 3.62. The molecule has 0 aromatic rings. The van der Waals surface area contributed by atoms with E-state index in [9.17, 15) is 0 Å². The summed E-state index contributed by atoms with van der Waals surface area (Å²) in [6, 6.07) is 0. The predicted octanol–water partition coefficient (Wildman–Crippen LogP) is 1.58. The molecule has 0 aromatic carbocycles. The molecule has 0 heterocycles. The number of nitrogens with one attached hydrogen (secondary N) is 4. The molecule has 1 fully saturated rings. The van der Waals surface area contributed by atoms with Crippen LogP contribution in [-0.4, -0.2) is 52.4 Å². The van der Waals surface area contributed by atoms with Crippen molar-refractivity contribution in [2.24, 2.45) is 11.8 Å². The molecule has 0 aromatic heterocycles. The zero-order valence-electron chi connectivity index (χ0n) is 14.3. The zero-order chi connectivity index (χ0) is 15.2. The molecule has 1 aliphatic rings. The maximum atomic E-state index is 3.62. The lowest BCUT2D eigenvalue weighted by Crippen LogP contribution is -2.23. The van der Waals surface area contributed by atoms with Crippen molar-refractivity contribution in [3.05, 3.63) is 0 Å². The molecule has 0 amide bonds. The van der Waals surface area contributed by atoms with Crippen LogP contribution in [0.2, 0.25) is 0 Å². The lowest BCUT2D eigenvalue weighted by molar-refractivity contribution is 0.531. The van der Waals surface area contributed by atoms with E-state index in [1.807, 2.05) is 0 Å². The van der Waals surface area contributed by atoms with Crippen molar-refractivity contribution in [3.63, 3.8) is 0 Å². The van der Waals surface area contributed by atoms with E-state index in [4.69, 9.17) is 0 Å². The fourth-order valence-corrected chi connectivity index (χ4v) is 2.74. The van der Waals surface area contributed by atoms with Gasteiger partial charge in [-0.15, -0.1) is 0 Å². The summed E-state index contributed by atoms with van der Waals surface area (Å²) in [7, 11) is 0. The maximum Gasteiger partial charge on any atom is -0.00173 e. The topological polar surface area (TPSA) is 48.1 Å². The molecule has 0 aliphatic heterocycles. The first kappa shape index (κ1) is 18.9. The molecule has 1 saturated carbocycles. The third-order valence-corrected chi connectivity index (χ3v) is 4.30. The van der Waals surface area contributed by atoms with Crippen LogP contribution in [0.4, 0.5) is 0 Å². The predicted molar refractivity (Wildman–Crippen MR) is 92.9 cm³/mol. The van der Waals surface area contributed by atoms with Gasteiger partial charge < -0.3 is 21.3 Å². The van der Waals surface area contributed by atoms with Gasteiger partial charge in [-0.05, 0) is 96.3 Å². The molecule has 0 radical (unpaired) electrons. The molecular weight excluding hydrogens is 260 g/mol. The van der Waals surface area contributed by atoms with E-state index in [1.54, 1.807) is 0 Å². The summed E-state index contributed by atoms with van der Waals surface area (Å²) in [6.45, 7) is 13.7. The van der Waals surface area contributed by atoms with E-state index in [1.165, 1.54) is 71.4 Å². The number of unbranched alkanes of at least 4 members (excludes halogenated alkanes) is 2. The quantitative estimate of drug-likeness (QED) is 0.327. The van der Waals surface area contributed by atoms with Crippen LogP contribution in [0.15, 0.2) is 0 Å². The summed E-state index contributed by atoms with van der Waals surface area (Å²) >= 11 is 0. The minimum absolute atomic E-state index is 0.938. The largest absolute Gasteiger partial charge is 0.317 e. The second kappa shape index (κ2) is 13.5. The van der Waals surface area contributed by atoms with Crippen LogP contribution in [0, 0.1) is 11.8 Å². The molecular formula is C17H38N4. The van der Waals surface area contributed by atoms with Crippen molar-refractivity contribution in [2.45, 2.75) is 46.0 Å². The Labute approximate surface area is 132 Å².